The van der Waals surface area contributed by atoms with Crippen LogP contribution in [0.15, 0.2) is 65.1 Å². The highest BCUT2D eigenvalue weighted by Gasteiger charge is 2.26. The molecule has 1 fully saturated rings. The summed E-state index contributed by atoms with van der Waals surface area (Å²) < 4.78 is 9.24. The molecule has 0 N–H and O–H groups in total. The number of hydrogen-bond acceptors (Lipinski definition) is 8. The lowest BCUT2D eigenvalue weighted by Gasteiger charge is -2.25. The van der Waals surface area contributed by atoms with Crippen molar-refractivity contribution in [1.29, 1.82) is 0 Å². The summed E-state index contributed by atoms with van der Waals surface area (Å²) in [5.74, 6) is 0.375. The van der Waals surface area contributed by atoms with E-state index in [0.717, 1.165) is 35.5 Å². The van der Waals surface area contributed by atoms with E-state index < -0.39 is 0 Å². The third kappa shape index (κ3) is 3.80. The van der Waals surface area contributed by atoms with Crippen molar-refractivity contribution in [2.45, 2.75) is 25.9 Å². The molecular weight excluding hydrogens is 448 g/mol. The number of aromatic nitrogens is 7. The van der Waals surface area contributed by atoms with Crippen molar-refractivity contribution in [3.63, 3.8) is 0 Å². The summed E-state index contributed by atoms with van der Waals surface area (Å²) in [6.45, 7) is 2.66. The molecule has 0 saturated carbocycles. The molecule has 9 nitrogen and oxygen atoms in total. The van der Waals surface area contributed by atoms with Gasteiger partial charge in [-0.1, -0.05) is 67.1 Å². The number of nitrogens with zero attached hydrogens (tertiary/aromatic N) is 8. The second-order valence-electron chi connectivity index (χ2n) is 8.32. The van der Waals surface area contributed by atoms with E-state index in [1.807, 2.05) is 60.7 Å². The fraction of sp³-hybridized carbons (Fsp3) is 0.250. The Morgan fingerprint density at radius 3 is 2.26 bits per heavy atom. The monoisotopic (exact) mass is 470 g/mol. The van der Waals surface area contributed by atoms with Gasteiger partial charge >= 0.3 is 0 Å². The van der Waals surface area contributed by atoms with Crippen LogP contribution in [0, 0.1) is 4.84 Å². The fourth-order valence-corrected chi connectivity index (χ4v) is 4.63. The average molecular weight is 471 g/mol. The van der Waals surface area contributed by atoms with Crippen LogP contribution in [0.2, 0.25) is 0 Å². The molecule has 1 aliphatic rings. The molecule has 34 heavy (non-hydrogen) atoms. The second kappa shape index (κ2) is 8.88. The van der Waals surface area contributed by atoms with Gasteiger partial charge in [-0.15, -0.1) is 19.9 Å². The van der Waals surface area contributed by atoms with Crippen LogP contribution >= 0.6 is 12.2 Å². The standard InChI is InChI=1S/C24H22N8OS/c34-24-31(16-30-14-8-3-9-15-30)27-23(33-24)20-19(17-10-4-1-5-11-17)21(18-12-6-2-7-13-18)26-32-22(20)25-28-29-32/h1-2,4-7,10-13H,3,8-9,14-16H2. The van der Waals surface area contributed by atoms with Gasteiger partial charge in [-0.05, 0) is 54.1 Å². The summed E-state index contributed by atoms with van der Waals surface area (Å²) in [6.07, 6.45) is 3.64. The van der Waals surface area contributed by atoms with Crippen LogP contribution in [-0.4, -0.2) is 53.0 Å². The largest absolute Gasteiger partial charge is 0.409 e. The van der Waals surface area contributed by atoms with Crippen LogP contribution in [0.5, 0.6) is 0 Å². The van der Waals surface area contributed by atoms with Gasteiger partial charge < -0.3 is 4.42 Å². The summed E-state index contributed by atoms with van der Waals surface area (Å²) in [6, 6.07) is 20.0. The first-order valence-electron chi connectivity index (χ1n) is 11.3. The van der Waals surface area contributed by atoms with Gasteiger partial charge in [0.2, 0.25) is 5.65 Å². The minimum absolute atomic E-state index is 0.322. The van der Waals surface area contributed by atoms with Gasteiger partial charge in [0, 0.05) is 11.1 Å². The third-order valence-electron chi connectivity index (χ3n) is 6.07. The number of fused-ring (bicyclic) bond motifs is 1. The first-order valence-corrected chi connectivity index (χ1v) is 11.7. The Balaban J connectivity index is 1.58. The van der Waals surface area contributed by atoms with E-state index in [4.69, 9.17) is 26.8 Å². The van der Waals surface area contributed by atoms with Gasteiger partial charge in [0.1, 0.15) is 5.69 Å². The summed E-state index contributed by atoms with van der Waals surface area (Å²) in [5, 5.41) is 21.8. The van der Waals surface area contributed by atoms with Crippen LogP contribution in [0.3, 0.4) is 0 Å². The smallest absolute Gasteiger partial charge is 0.288 e. The molecule has 3 aromatic heterocycles. The van der Waals surface area contributed by atoms with Crippen LogP contribution in [-0.2, 0) is 6.67 Å². The maximum absolute atomic E-state index is 6.08. The van der Waals surface area contributed by atoms with Gasteiger partial charge in [-0.25, -0.2) is 4.68 Å². The maximum atomic E-state index is 6.08. The van der Waals surface area contributed by atoms with Crippen molar-refractivity contribution in [1.82, 2.24) is 39.9 Å². The molecule has 0 atom stereocenters. The van der Waals surface area contributed by atoms with Crippen LogP contribution in [0.4, 0.5) is 0 Å². The van der Waals surface area contributed by atoms with Gasteiger partial charge in [0.05, 0.1) is 12.2 Å². The van der Waals surface area contributed by atoms with Crippen molar-refractivity contribution < 1.29 is 4.42 Å². The average Bonchev–Trinajstić information content (AvgIpc) is 3.51. The lowest BCUT2D eigenvalue weighted by atomic mass is 9.95. The summed E-state index contributed by atoms with van der Waals surface area (Å²) >= 11 is 5.56. The van der Waals surface area contributed by atoms with Gasteiger partial charge in [-0.3, -0.25) is 4.90 Å². The minimum atomic E-state index is 0.322. The molecule has 0 bridgehead atoms. The Labute approximate surface area is 200 Å². The Morgan fingerprint density at radius 1 is 0.824 bits per heavy atom. The Hall–Kier alpha value is -3.76. The molecule has 0 aliphatic carbocycles. The topological polar surface area (TPSA) is 90.2 Å². The van der Waals surface area contributed by atoms with E-state index in [1.54, 1.807) is 4.68 Å². The van der Waals surface area contributed by atoms with Crippen molar-refractivity contribution in [2.75, 3.05) is 13.1 Å². The molecule has 10 heteroatoms. The van der Waals surface area contributed by atoms with Crippen LogP contribution < -0.4 is 0 Å². The van der Waals surface area contributed by atoms with Gasteiger partial charge in [0.15, 0.2) is 0 Å². The molecule has 2 aromatic carbocycles. The Kier molecular flexibility index (Phi) is 5.44. The number of benzene rings is 2. The molecule has 0 unspecified atom stereocenters. The quantitative estimate of drug-likeness (QED) is 0.347. The number of tetrazole rings is 1. The highest BCUT2D eigenvalue weighted by atomic mass is 32.1. The van der Waals surface area contributed by atoms with Gasteiger partial charge in [0.25, 0.3) is 10.7 Å². The number of piperidine rings is 1. The zero-order chi connectivity index (χ0) is 22.9. The molecule has 1 aliphatic heterocycles. The lowest BCUT2D eigenvalue weighted by molar-refractivity contribution is 0.170. The maximum Gasteiger partial charge on any atom is 0.288 e. The molecule has 1 saturated heterocycles. The number of likely N-dealkylation sites (tertiary alicyclic amines) is 1. The van der Waals surface area contributed by atoms with E-state index in [-0.39, 0.29) is 0 Å². The molecule has 4 heterocycles. The fourth-order valence-electron chi connectivity index (χ4n) is 4.45. The summed E-state index contributed by atoms with van der Waals surface area (Å²) in [4.78, 5) is 2.67. The van der Waals surface area contributed by atoms with E-state index >= 15 is 0 Å². The normalized spacial score (nSPS) is 14.6. The highest BCUT2D eigenvalue weighted by molar-refractivity contribution is 7.71. The molecule has 6 rings (SSSR count). The highest BCUT2D eigenvalue weighted by Crippen LogP contribution is 2.39. The molecule has 5 aromatic rings. The molecular formula is C24H22N8OS. The first-order chi connectivity index (χ1) is 16.8. The molecule has 0 spiro atoms. The summed E-state index contributed by atoms with van der Waals surface area (Å²) in [5.41, 5.74) is 4.59. The van der Waals surface area contributed by atoms with E-state index in [0.29, 0.717) is 28.6 Å². The van der Waals surface area contributed by atoms with Crippen molar-refractivity contribution in [2.24, 2.45) is 0 Å². The first kappa shape index (κ1) is 20.8. The minimum Gasteiger partial charge on any atom is -0.409 e. The zero-order valence-corrected chi connectivity index (χ0v) is 19.2. The van der Waals surface area contributed by atoms with E-state index in [1.165, 1.54) is 23.9 Å². The predicted molar refractivity (Wildman–Crippen MR) is 129 cm³/mol. The second-order valence-corrected chi connectivity index (χ2v) is 8.66. The predicted octanol–water partition coefficient (Wildman–Crippen LogP) is 4.48. The SMILES string of the molecule is S=c1oc(-c2c(-c3ccccc3)c(-c3ccccc3)nn3nnnc23)nn1CN1CCCCC1. The Bertz CT molecular complexity index is 1490. The number of hydrogen-bond donors (Lipinski definition) is 0. The van der Waals surface area contributed by atoms with E-state index in [9.17, 15) is 0 Å². The Morgan fingerprint density at radius 2 is 1.53 bits per heavy atom. The molecule has 0 radical (unpaired) electrons. The molecule has 170 valence electrons. The van der Waals surface area contributed by atoms with E-state index in [2.05, 4.69) is 20.4 Å². The van der Waals surface area contributed by atoms with Crippen molar-refractivity contribution in [3.8, 4) is 33.8 Å². The summed E-state index contributed by atoms with van der Waals surface area (Å²) in [7, 11) is 0. The lowest BCUT2D eigenvalue weighted by Crippen LogP contribution is -2.32. The number of rotatable bonds is 5. The van der Waals surface area contributed by atoms with Crippen molar-refractivity contribution in [3.05, 3.63) is 65.5 Å². The zero-order valence-electron chi connectivity index (χ0n) is 18.4. The van der Waals surface area contributed by atoms with Crippen molar-refractivity contribution >= 4 is 17.9 Å². The van der Waals surface area contributed by atoms with Crippen LogP contribution in [0.1, 0.15) is 19.3 Å². The third-order valence-corrected chi connectivity index (χ3v) is 6.37. The van der Waals surface area contributed by atoms with Gasteiger partial charge in [-0.2, -0.15) is 0 Å². The van der Waals surface area contributed by atoms with Crippen LogP contribution in [0.25, 0.3) is 39.5 Å². The molecule has 0 amide bonds.